The monoisotopic (exact) mass is 362 g/mol. The second-order valence-electron chi connectivity index (χ2n) is 6.25. The first kappa shape index (κ1) is 18.4. The summed E-state index contributed by atoms with van der Waals surface area (Å²) in [7, 11) is 1.36. The highest BCUT2D eigenvalue weighted by molar-refractivity contribution is 5.90. The van der Waals surface area contributed by atoms with E-state index in [0.717, 1.165) is 16.9 Å². The van der Waals surface area contributed by atoms with Gasteiger partial charge in [-0.3, -0.25) is 0 Å². The van der Waals surface area contributed by atoms with Crippen LogP contribution in [-0.4, -0.2) is 23.0 Å². The zero-order valence-electron chi connectivity index (χ0n) is 15.6. The summed E-state index contributed by atoms with van der Waals surface area (Å²) in [6.45, 7) is 4.61. The number of esters is 1. The smallest absolute Gasteiger partial charge is 0.337 e. The van der Waals surface area contributed by atoms with E-state index in [1.165, 1.54) is 12.7 Å². The van der Waals surface area contributed by atoms with Crippen molar-refractivity contribution >= 4 is 23.4 Å². The van der Waals surface area contributed by atoms with Gasteiger partial charge in [-0.05, 0) is 37.6 Å². The number of hydrogen-bond acceptors (Lipinski definition) is 6. The Morgan fingerprint density at radius 2 is 1.81 bits per heavy atom. The van der Waals surface area contributed by atoms with Crippen molar-refractivity contribution in [2.45, 2.75) is 20.4 Å². The van der Waals surface area contributed by atoms with E-state index < -0.39 is 0 Å². The van der Waals surface area contributed by atoms with Gasteiger partial charge in [-0.15, -0.1) is 0 Å². The molecule has 2 aromatic carbocycles. The average molecular weight is 362 g/mol. The lowest BCUT2D eigenvalue weighted by Crippen LogP contribution is -2.07. The summed E-state index contributed by atoms with van der Waals surface area (Å²) >= 11 is 0. The molecule has 1 heterocycles. The molecular formula is C21H22N4O2. The summed E-state index contributed by atoms with van der Waals surface area (Å²) < 4.78 is 4.76. The van der Waals surface area contributed by atoms with Crippen LogP contribution in [0.5, 0.6) is 0 Å². The molecule has 0 unspecified atom stereocenters. The van der Waals surface area contributed by atoms with Crippen molar-refractivity contribution in [1.29, 1.82) is 0 Å². The van der Waals surface area contributed by atoms with Gasteiger partial charge in [0.2, 0.25) is 5.95 Å². The third kappa shape index (κ3) is 5.04. The molecule has 6 heteroatoms. The van der Waals surface area contributed by atoms with Crippen molar-refractivity contribution in [2.75, 3.05) is 17.7 Å². The van der Waals surface area contributed by atoms with Crippen LogP contribution in [0, 0.1) is 13.8 Å². The quantitative estimate of drug-likeness (QED) is 0.639. The van der Waals surface area contributed by atoms with Gasteiger partial charge >= 0.3 is 5.97 Å². The zero-order chi connectivity index (χ0) is 19.2. The van der Waals surface area contributed by atoms with Gasteiger partial charge in [0.05, 0.1) is 12.7 Å². The van der Waals surface area contributed by atoms with Gasteiger partial charge in [0.1, 0.15) is 5.82 Å². The highest BCUT2D eigenvalue weighted by atomic mass is 16.5. The summed E-state index contributed by atoms with van der Waals surface area (Å²) in [5.41, 5.74) is 4.45. The van der Waals surface area contributed by atoms with Gasteiger partial charge in [0.15, 0.2) is 0 Å². The lowest BCUT2D eigenvalue weighted by atomic mass is 10.1. The molecule has 6 nitrogen and oxygen atoms in total. The van der Waals surface area contributed by atoms with Gasteiger partial charge < -0.3 is 15.4 Å². The van der Waals surface area contributed by atoms with Crippen LogP contribution in [0.25, 0.3) is 0 Å². The fourth-order valence-electron chi connectivity index (χ4n) is 2.59. The third-order valence-electron chi connectivity index (χ3n) is 3.98. The molecule has 3 aromatic rings. The first-order chi connectivity index (χ1) is 13.0. The van der Waals surface area contributed by atoms with E-state index >= 15 is 0 Å². The summed E-state index contributed by atoms with van der Waals surface area (Å²) in [4.78, 5) is 20.6. The summed E-state index contributed by atoms with van der Waals surface area (Å²) in [6, 6.07) is 17.2. The van der Waals surface area contributed by atoms with Crippen LogP contribution < -0.4 is 10.6 Å². The molecule has 0 spiro atoms. The minimum absolute atomic E-state index is 0.377. The summed E-state index contributed by atoms with van der Waals surface area (Å²) in [5.74, 6) is 0.816. The van der Waals surface area contributed by atoms with Crippen LogP contribution in [0.3, 0.4) is 0 Å². The number of anilines is 3. The number of methoxy groups -OCH3 is 1. The molecule has 0 aliphatic heterocycles. The van der Waals surface area contributed by atoms with E-state index in [1.54, 1.807) is 18.2 Å². The first-order valence-corrected chi connectivity index (χ1v) is 8.64. The Kier molecular flexibility index (Phi) is 5.66. The summed E-state index contributed by atoms with van der Waals surface area (Å²) in [6.07, 6.45) is 0. The number of nitrogens with one attached hydrogen (secondary N) is 2. The van der Waals surface area contributed by atoms with Crippen LogP contribution in [0.2, 0.25) is 0 Å². The lowest BCUT2D eigenvalue weighted by molar-refractivity contribution is 0.0601. The molecule has 2 N–H and O–H groups in total. The standard InChI is InChI=1S/C21H22N4O2/c1-14-7-9-16(10-8-14)13-22-21-23-15(2)11-19(25-21)24-18-6-4-5-17(12-18)20(26)27-3/h4-12H,13H2,1-3H3,(H2,22,23,24,25). The Hall–Kier alpha value is -3.41. The Morgan fingerprint density at radius 3 is 2.56 bits per heavy atom. The lowest BCUT2D eigenvalue weighted by Gasteiger charge is -2.11. The molecule has 0 aliphatic carbocycles. The topological polar surface area (TPSA) is 76.1 Å². The molecule has 0 bridgehead atoms. The van der Waals surface area contributed by atoms with E-state index in [0.29, 0.717) is 23.9 Å². The number of carbonyl (C=O) groups is 1. The molecule has 0 fully saturated rings. The number of aromatic nitrogens is 2. The maximum absolute atomic E-state index is 11.7. The van der Waals surface area contributed by atoms with Crippen molar-refractivity contribution in [3.63, 3.8) is 0 Å². The fraction of sp³-hybridized carbons (Fsp3) is 0.190. The maximum Gasteiger partial charge on any atom is 0.337 e. The maximum atomic E-state index is 11.7. The van der Waals surface area contributed by atoms with Crippen molar-refractivity contribution < 1.29 is 9.53 Å². The Labute approximate surface area is 158 Å². The molecule has 0 radical (unpaired) electrons. The highest BCUT2D eigenvalue weighted by Gasteiger charge is 2.07. The molecule has 0 atom stereocenters. The van der Waals surface area contributed by atoms with Gasteiger partial charge in [0.25, 0.3) is 0 Å². The van der Waals surface area contributed by atoms with Crippen LogP contribution in [0.4, 0.5) is 17.5 Å². The Balaban J connectivity index is 1.73. The number of hydrogen-bond donors (Lipinski definition) is 2. The number of benzene rings is 2. The predicted octanol–water partition coefficient (Wildman–Crippen LogP) is 4.24. The minimum atomic E-state index is -0.377. The number of carbonyl (C=O) groups excluding carboxylic acids is 1. The number of ether oxygens (including phenoxy) is 1. The average Bonchev–Trinajstić information content (AvgIpc) is 2.67. The van der Waals surface area contributed by atoms with E-state index in [2.05, 4.69) is 51.8 Å². The molecular weight excluding hydrogens is 340 g/mol. The number of aryl methyl sites for hydroxylation is 2. The second-order valence-corrected chi connectivity index (χ2v) is 6.25. The van der Waals surface area contributed by atoms with Gasteiger partial charge in [-0.2, -0.15) is 4.98 Å². The molecule has 0 aliphatic rings. The summed E-state index contributed by atoms with van der Waals surface area (Å²) in [5, 5.41) is 6.46. The highest BCUT2D eigenvalue weighted by Crippen LogP contribution is 2.19. The van der Waals surface area contributed by atoms with Crippen molar-refractivity contribution in [3.05, 3.63) is 77.0 Å². The van der Waals surface area contributed by atoms with E-state index in [-0.39, 0.29) is 5.97 Å². The van der Waals surface area contributed by atoms with E-state index in [1.807, 2.05) is 19.1 Å². The zero-order valence-corrected chi connectivity index (χ0v) is 15.6. The van der Waals surface area contributed by atoms with Gasteiger partial charge in [-0.1, -0.05) is 35.9 Å². The molecule has 0 saturated carbocycles. The third-order valence-corrected chi connectivity index (χ3v) is 3.98. The molecule has 1 aromatic heterocycles. The number of nitrogens with zero attached hydrogens (tertiary/aromatic N) is 2. The second kappa shape index (κ2) is 8.31. The van der Waals surface area contributed by atoms with E-state index in [4.69, 9.17) is 4.74 Å². The van der Waals surface area contributed by atoms with Crippen molar-refractivity contribution in [2.24, 2.45) is 0 Å². The van der Waals surface area contributed by atoms with Crippen molar-refractivity contribution in [1.82, 2.24) is 9.97 Å². The molecule has 0 saturated heterocycles. The Bertz CT molecular complexity index is 939. The molecule has 138 valence electrons. The van der Waals surface area contributed by atoms with Crippen LogP contribution >= 0.6 is 0 Å². The number of rotatable bonds is 6. The van der Waals surface area contributed by atoms with Crippen LogP contribution in [0.15, 0.2) is 54.6 Å². The Morgan fingerprint density at radius 1 is 1.04 bits per heavy atom. The molecule has 3 rings (SSSR count). The minimum Gasteiger partial charge on any atom is -0.465 e. The first-order valence-electron chi connectivity index (χ1n) is 8.64. The molecule has 0 amide bonds. The largest absolute Gasteiger partial charge is 0.465 e. The van der Waals surface area contributed by atoms with Crippen LogP contribution in [-0.2, 0) is 11.3 Å². The van der Waals surface area contributed by atoms with Gasteiger partial charge in [-0.25, -0.2) is 9.78 Å². The van der Waals surface area contributed by atoms with Crippen molar-refractivity contribution in [3.8, 4) is 0 Å². The fourth-order valence-corrected chi connectivity index (χ4v) is 2.59. The predicted molar refractivity (Wildman–Crippen MR) is 106 cm³/mol. The normalized spacial score (nSPS) is 10.3. The van der Waals surface area contributed by atoms with E-state index in [9.17, 15) is 4.79 Å². The van der Waals surface area contributed by atoms with Crippen LogP contribution in [0.1, 0.15) is 27.2 Å². The van der Waals surface area contributed by atoms with Gasteiger partial charge in [0, 0.05) is 24.0 Å². The molecule has 27 heavy (non-hydrogen) atoms. The SMILES string of the molecule is COC(=O)c1cccc(Nc2cc(C)nc(NCc3ccc(C)cc3)n2)c1.